The van der Waals surface area contributed by atoms with Crippen LogP contribution in [0.1, 0.15) is 64.7 Å². The number of halogens is 1. The lowest BCUT2D eigenvalue weighted by atomic mass is 9.72. The van der Waals surface area contributed by atoms with Crippen molar-refractivity contribution in [2.75, 3.05) is 38.5 Å². The minimum absolute atomic E-state index is 0. The third-order valence-electron chi connectivity index (χ3n) is 5.95. The summed E-state index contributed by atoms with van der Waals surface area (Å²) in [6.45, 7) is 4.50. The van der Waals surface area contributed by atoms with Crippen LogP contribution in [0.25, 0.3) is 0 Å². The zero-order valence-corrected chi connectivity index (χ0v) is 20.4. The molecule has 4 N–H and O–H groups in total. The van der Waals surface area contributed by atoms with Gasteiger partial charge in [-0.15, -0.1) is 24.0 Å². The Labute approximate surface area is 188 Å². The summed E-state index contributed by atoms with van der Waals surface area (Å²) in [4.78, 5) is 4.71. The standard InChI is InChI=1S/C19H38N4O3S.HI/c1-2-20-18(22-16-19(11-13-24)9-4-3-5-10-19)21-12-14-27(25,26)23-15-17-7-6-8-17;/h17,23-24H,2-16H2,1H3,(H2,20,21,22);1H. The summed E-state index contributed by atoms with van der Waals surface area (Å²) in [7, 11) is -3.25. The normalized spacial score (nSPS) is 20.1. The molecule has 7 nitrogen and oxygen atoms in total. The molecule has 0 aromatic carbocycles. The van der Waals surface area contributed by atoms with Crippen molar-refractivity contribution in [2.24, 2.45) is 16.3 Å². The molecule has 0 atom stereocenters. The van der Waals surface area contributed by atoms with E-state index >= 15 is 0 Å². The van der Waals surface area contributed by atoms with Gasteiger partial charge in [0.05, 0.1) is 5.75 Å². The number of guanidine groups is 1. The molecule has 2 aliphatic rings. The minimum Gasteiger partial charge on any atom is -0.396 e. The maximum absolute atomic E-state index is 12.1. The van der Waals surface area contributed by atoms with Crippen LogP contribution in [0.15, 0.2) is 4.99 Å². The molecule has 0 saturated heterocycles. The van der Waals surface area contributed by atoms with Crippen molar-refractivity contribution in [1.82, 2.24) is 15.4 Å². The SMILES string of the molecule is CCNC(=NCC1(CCO)CCCCC1)NCCS(=O)(=O)NCC1CCC1.I. The van der Waals surface area contributed by atoms with Crippen molar-refractivity contribution in [3.8, 4) is 0 Å². The molecule has 0 aromatic rings. The zero-order chi connectivity index (χ0) is 19.6. The summed E-state index contributed by atoms with van der Waals surface area (Å²) in [5.41, 5.74) is 0.0890. The fraction of sp³-hybridized carbons (Fsp3) is 0.947. The number of nitrogens with zero attached hydrogens (tertiary/aromatic N) is 1. The average molecular weight is 531 g/mol. The highest BCUT2D eigenvalue weighted by Gasteiger charge is 2.31. The van der Waals surface area contributed by atoms with Crippen molar-refractivity contribution >= 4 is 40.0 Å². The van der Waals surface area contributed by atoms with Gasteiger partial charge >= 0.3 is 0 Å². The average Bonchev–Trinajstić information content (AvgIpc) is 2.59. The number of aliphatic hydroxyl groups excluding tert-OH is 1. The van der Waals surface area contributed by atoms with Gasteiger partial charge in [0.2, 0.25) is 10.0 Å². The van der Waals surface area contributed by atoms with E-state index < -0.39 is 10.0 Å². The van der Waals surface area contributed by atoms with E-state index in [4.69, 9.17) is 4.99 Å². The molecule has 166 valence electrons. The molecule has 0 bridgehead atoms. The summed E-state index contributed by atoms with van der Waals surface area (Å²) in [5, 5.41) is 15.8. The second kappa shape index (κ2) is 13.2. The fourth-order valence-corrected chi connectivity index (χ4v) is 4.94. The second-order valence-electron chi connectivity index (χ2n) is 8.12. The maximum atomic E-state index is 12.1. The molecule has 2 saturated carbocycles. The monoisotopic (exact) mass is 530 g/mol. The highest BCUT2D eigenvalue weighted by Crippen LogP contribution is 2.39. The molecule has 9 heteroatoms. The molecule has 0 aromatic heterocycles. The quantitative estimate of drug-likeness (QED) is 0.186. The molecule has 2 rings (SSSR count). The lowest BCUT2D eigenvalue weighted by Gasteiger charge is -2.35. The van der Waals surface area contributed by atoms with E-state index in [1.165, 1.54) is 25.7 Å². The first-order chi connectivity index (χ1) is 13.0. The van der Waals surface area contributed by atoms with Crippen molar-refractivity contribution in [1.29, 1.82) is 0 Å². The van der Waals surface area contributed by atoms with Crippen molar-refractivity contribution in [3.05, 3.63) is 0 Å². The predicted molar refractivity (Wildman–Crippen MR) is 126 cm³/mol. The number of sulfonamides is 1. The number of rotatable bonds is 11. The molecule has 2 fully saturated rings. The van der Waals surface area contributed by atoms with Crippen LogP contribution in [-0.4, -0.2) is 58.0 Å². The zero-order valence-electron chi connectivity index (χ0n) is 17.2. The summed E-state index contributed by atoms with van der Waals surface area (Å²) < 4.78 is 27.0. The van der Waals surface area contributed by atoms with Crippen LogP contribution in [0.4, 0.5) is 0 Å². The van der Waals surface area contributed by atoms with Gasteiger partial charge in [-0.3, -0.25) is 4.99 Å². The molecule has 0 aliphatic heterocycles. The van der Waals surface area contributed by atoms with E-state index in [-0.39, 0.29) is 41.8 Å². The van der Waals surface area contributed by atoms with Crippen molar-refractivity contribution < 1.29 is 13.5 Å². The van der Waals surface area contributed by atoms with Gasteiger partial charge in [-0.05, 0) is 50.4 Å². The first-order valence-electron chi connectivity index (χ1n) is 10.6. The van der Waals surface area contributed by atoms with E-state index in [1.807, 2.05) is 6.92 Å². The van der Waals surface area contributed by atoms with Crippen molar-refractivity contribution in [3.63, 3.8) is 0 Å². The summed E-state index contributed by atoms with van der Waals surface area (Å²) >= 11 is 0. The number of nitrogens with one attached hydrogen (secondary N) is 3. The predicted octanol–water partition coefficient (Wildman–Crippen LogP) is 2.21. The largest absolute Gasteiger partial charge is 0.396 e. The molecule has 2 aliphatic carbocycles. The van der Waals surface area contributed by atoms with Crippen LogP contribution < -0.4 is 15.4 Å². The Hall–Kier alpha value is -0.130. The van der Waals surface area contributed by atoms with Crippen LogP contribution in [0, 0.1) is 11.3 Å². The molecule has 0 radical (unpaired) electrons. The van der Waals surface area contributed by atoms with E-state index in [0.29, 0.717) is 31.5 Å². The first-order valence-corrected chi connectivity index (χ1v) is 12.2. The first kappa shape index (κ1) is 25.9. The molecular weight excluding hydrogens is 491 g/mol. The Morgan fingerprint density at radius 3 is 2.43 bits per heavy atom. The van der Waals surface area contributed by atoms with Gasteiger partial charge in [-0.1, -0.05) is 25.7 Å². The smallest absolute Gasteiger partial charge is 0.213 e. The lowest BCUT2D eigenvalue weighted by molar-refractivity contribution is 0.137. The van der Waals surface area contributed by atoms with Gasteiger partial charge in [-0.2, -0.15) is 0 Å². The van der Waals surface area contributed by atoms with E-state index in [9.17, 15) is 13.5 Å². The van der Waals surface area contributed by atoms with Gasteiger partial charge in [0, 0.05) is 32.8 Å². The van der Waals surface area contributed by atoms with Gasteiger partial charge in [-0.25, -0.2) is 13.1 Å². The fourth-order valence-electron chi connectivity index (χ4n) is 3.93. The van der Waals surface area contributed by atoms with Crippen LogP contribution in [0.3, 0.4) is 0 Å². The number of hydrogen-bond acceptors (Lipinski definition) is 4. The molecule has 0 spiro atoms. The van der Waals surface area contributed by atoms with Crippen LogP contribution in [-0.2, 0) is 10.0 Å². The number of aliphatic imine (C=N–C) groups is 1. The summed E-state index contributed by atoms with van der Waals surface area (Å²) in [6, 6.07) is 0. The molecule has 0 heterocycles. The van der Waals surface area contributed by atoms with E-state index in [0.717, 1.165) is 38.6 Å². The van der Waals surface area contributed by atoms with Crippen LogP contribution in [0.2, 0.25) is 0 Å². The minimum atomic E-state index is -3.25. The number of hydrogen-bond donors (Lipinski definition) is 4. The van der Waals surface area contributed by atoms with Gasteiger partial charge in [0.15, 0.2) is 5.96 Å². The van der Waals surface area contributed by atoms with Crippen LogP contribution >= 0.6 is 24.0 Å². The Kier molecular flexibility index (Phi) is 12.2. The second-order valence-corrected chi connectivity index (χ2v) is 10.0. The van der Waals surface area contributed by atoms with E-state index in [2.05, 4.69) is 15.4 Å². The van der Waals surface area contributed by atoms with Crippen LogP contribution in [0.5, 0.6) is 0 Å². The van der Waals surface area contributed by atoms with E-state index in [1.54, 1.807) is 0 Å². The topological polar surface area (TPSA) is 103 Å². The highest BCUT2D eigenvalue weighted by atomic mass is 127. The molecule has 0 unspecified atom stereocenters. The lowest BCUT2D eigenvalue weighted by Crippen LogP contribution is -2.42. The molecule has 0 amide bonds. The maximum Gasteiger partial charge on any atom is 0.213 e. The third kappa shape index (κ3) is 9.13. The third-order valence-corrected chi connectivity index (χ3v) is 7.30. The van der Waals surface area contributed by atoms with Gasteiger partial charge in [0.25, 0.3) is 0 Å². The molecule has 28 heavy (non-hydrogen) atoms. The van der Waals surface area contributed by atoms with Gasteiger partial charge in [0.1, 0.15) is 0 Å². The Morgan fingerprint density at radius 2 is 1.86 bits per heavy atom. The molecular formula is C19H39IN4O3S. The number of aliphatic hydroxyl groups is 1. The summed E-state index contributed by atoms with van der Waals surface area (Å²) in [6.07, 6.45) is 10.1. The Morgan fingerprint density at radius 1 is 1.14 bits per heavy atom. The van der Waals surface area contributed by atoms with Crippen molar-refractivity contribution in [2.45, 2.75) is 64.7 Å². The highest BCUT2D eigenvalue weighted by molar-refractivity contribution is 14.0. The Balaban J connectivity index is 0.00000392. The van der Waals surface area contributed by atoms with Gasteiger partial charge < -0.3 is 15.7 Å². The Bertz CT molecular complexity index is 556. The summed E-state index contributed by atoms with van der Waals surface area (Å²) in [5.74, 6) is 1.23.